The molecule has 0 saturated carbocycles. The second-order valence-electron chi connectivity index (χ2n) is 24.5. The highest BCUT2D eigenvalue weighted by Crippen LogP contribution is 2.20. The van der Waals surface area contributed by atoms with Gasteiger partial charge in [-0.05, 0) is 68.2 Å². The number of carboxylic acid groups (broad SMARTS) is 1. The first kappa shape index (κ1) is 81.7. The van der Waals surface area contributed by atoms with Crippen LogP contribution in [0.3, 0.4) is 0 Å². The predicted octanol–water partition coefficient (Wildman–Crippen LogP) is -2.53. The normalized spacial score (nSPS) is 14.9. The van der Waals surface area contributed by atoms with Crippen molar-refractivity contribution >= 4 is 93.7 Å². The van der Waals surface area contributed by atoms with Crippen LogP contribution in [0, 0.1) is 11.8 Å². The Hall–Kier alpha value is -9.56. The molecule has 13 amide bonds. The lowest BCUT2D eigenvalue weighted by atomic mass is 9.98. The maximum Gasteiger partial charge on any atom is 0.326 e. The van der Waals surface area contributed by atoms with Gasteiger partial charge in [0.15, 0.2) is 0 Å². The Balaban J connectivity index is 1.85. The van der Waals surface area contributed by atoms with Crippen molar-refractivity contribution in [2.24, 2.45) is 34.8 Å². The van der Waals surface area contributed by atoms with Crippen LogP contribution in [0.5, 0.6) is 0 Å². The molecular weight excluding hydrogens is 1260 g/mol. The zero-order chi connectivity index (χ0) is 72.5. The molecule has 3 rings (SSSR count). The van der Waals surface area contributed by atoms with E-state index in [4.69, 9.17) is 22.9 Å². The van der Waals surface area contributed by atoms with E-state index in [0.717, 1.165) is 38.1 Å². The summed E-state index contributed by atoms with van der Waals surface area (Å²) in [6.45, 7) is 8.93. The largest absolute Gasteiger partial charge is 0.480 e. The maximum absolute atomic E-state index is 14.4. The average Bonchev–Trinajstić information content (AvgIpc) is 1.74. The molecule has 0 unspecified atom stereocenters. The number of rotatable bonds is 46. The number of carboxylic acids is 1. The number of para-hydroxylation sites is 1. The quantitative estimate of drug-likeness (QED) is 0.0259. The third-order valence-corrected chi connectivity index (χ3v) is 16.0. The van der Waals surface area contributed by atoms with E-state index in [0.29, 0.717) is 42.2 Å². The highest BCUT2D eigenvalue weighted by atomic mass is 16.4. The van der Waals surface area contributed by atoms with Gasteiger partial charge < -0.3 is 96.4 Å². The van der Waals surface area contributed by atoms with E-state index in [1.807, 2.05) is 0 Å². The number of nitrogens with two attached hydrogens (primary N) is 4. The van der Waals surface area contributed by atoms with E-state index in [-0.39, 0.29) is 32.2 Å². The predicted molar refractivity (Wildman–Crippen MR) is 354 cm³/mol. The van der Waals surface area contributed by atoms with E-state index in [9.17, 15) is 82.4 Å². The number of benzene rings is 2. The first-order valence-electron chi connectivity index (χ1n) is 32.6. The van der Waals surface area contributed by atoms with Crippen molar-refractivity contribution in [3.8, 4) is 0 Å². The second kappa shape index (κ2) is 42.1. The monoisotopic (exact) mass is 1360 g/mol. The molecule has 97 heavy (non-hydrogen) atoms. The number of unbranched alkanes of at least 4 members (excludes halogenated alkanes) is 5. The topological polar surface area (TPSA) is 540 Å². The Labute approximate surface area is 562 Å². The number of aliphatic carboxylic acids is 1. The van der Waals surface area contributed by atoms with E-state index in [1.165, 1.54) is 0 Å². The maximum atomic E-state index is 14.4. The number of H-pyrrole nitrogens is 1. The van der Waals surface area contributed by atoms with Crippen LogP contribution in [0.2, 0.25) is 0 Å². The zero-order valence-corrected chi connectivity index (χ0v) is 55.9. The molecule has 0 spiro atoms. The molecule has 1 heterocycles. The van der Waals surface area contributed by atoms with Crippen molar-refractivity contribution in [1.29, 1.82) is 0 Å². The van der Waals surface area contributed by atoms with E-state index >= 15 is 0 Å². The molecule has 0 saturated heterocycles. The molecule has 0 radical (unpaired) electrons. The molecule has 0 bridgehead atoms. The number of aromatic amines is 1. The molecule has 22 N–H and O–H groups in total. The number of aromatic nitrogens is 1. The molecule has 0 fully saturated rings. The zero-order valence-electron chi connectivity index (χ0n) is 55.9. The van der Waals surface area contributed by atoms with Gasteiger partial charge in [-0.2, -0.15) is 0 Å². The molecule has 536 valence electrons. The molecule has 3 aromatic rings. The van der Waals surface area contributed by atoms with Crippen LogP contribution in [0.1, 0.15) is 143 Å². The van der Waals surface area contributed by atoms with E-state index < -0.39 is 193 Å². The Morgan fingerprint density at radius 3 is 1.51 bits per heavy atom. The van der Waals surface area contributed by atoms with Crippen LogP contribution in [-0.2, 0) is 80.0 Å². The number of carbonyl (C=O) groups excluding carboxylic acids is 13. The first-order chi connectivity index (χ1) is 45.9. The number of nitrogens with one attached hydrogen (secondary N) is 11. The lowest BCUT2D eigenvalue weighted by Gasteiger charge is -2.28. The summed E-state index contributed by atoms with van der Waals surface area (Å²) in [5.74, 6) is -16.2. The van der Waals surface area contributed by atoms with Gasteiger partial charge in [0, 0.05) is 29.9 Å². The van der Waals surface area contributed by atoms with Gasteiger partial charge in [0.1, 0.15) is 54.4 Å². The van der Waals surface area contributed by atoms with Crippen molar-refractivity contribution < 1.29 is 82.4 Å². The Morgan fingerprint density at radius 1 is 0.474 bits per heavy atom. The highest BCUT2D eigenvalue weighted by molar-refractivity contribution is 6.01. The fourth-order valence-corrected chi connectivity index (χ4v) is 10.3. The van der Waals surface area contributed by atoms with Crippen LogP contribution in [0.4, 0.5) is 0 Å². The number of aliphatic hydroxyl groups excluding tert-OH is 2. The van der Waals surface area contributed by atoms with E-state index in [1.54, 1.807) is 88.5 Å². The van der Waals surface area contributed by atoms with Gasteiger partial charge in [-0.25, -0.2) is 4.79 Å². The molecule has 32 heteroatoms. The summed E-state index contributed by atoms with van der Waals surface area (Å²) >= 11 is 0. The van der Waals surface area contributed by atoms with Gasteiger partial charge in [-0.3, -0.25) is 62.3 Å². The summed E-state index contributed by atoms with van der Waals surface area (Å²) < 4.78 is 0. The highest BCUT2D eigenvalue weighted by Gasteiger charge is 2.38. The number of fused-ring (bicyclic) bond motifs is 1. The molecular formula is C65H99N15O17. The van der Waals surface area contributed by atoms with Crippen LogP contribution in [-0.4, -0.2) is 183 Å². The molecule has 0 aliphatic rings. The summed E-state index contributed by atoms with van der Waals surface area (Å²) in [6.07, 6.45) is 0.982. The van der Waals surface area contributed by atoms with Crippen LogP contribution in [0.25, 0.3) is 10.9 Å². The third-order valence-electron chi connectivity index (χ3n) is 16.0. The van der Waals surface area contributed by atoms with Gasteiger partial charge in [0.25, 0.3) is 0 Å². The number of carbonyl (C=O) groups is 14. The molecule has 12 atom stereocenters. The Bertz CT molecular complexity index is 3160. The average molecular weight is 1360 g/mol. The lowest BCUT2D eigenvalue weighted by molar-refractivity contribution is -0.143. The summed E-state index contributed by atoms with van der Waals surface area (Å²) in [5.41, 5.74) is 24.0. The van der Waals surface area contributed by atoms with Gasteiger partial charge in [-0.1, -0.05) is 122 Å². The fraction of sp³-hybridized carbons (Fsp3) is 0.569. The smallest absolute Gasteiger partial charge is 0.326 e. The summed E-state index contributed by atoms with van der Waals surface area (Å²) in [5, 5.41) is 56.1. The van der Waals surface area contributed by atoms with Crippen molar-refractivity contribution in [3.05, 3.63) is 71.9 Å². The number of hydrogen-bond acceptors (Lipinski definition) is 17. The molecule has 0 aliphatic carbocycles. The summed E-state index contributed by atoms with van der Waals surface area (Å²) in [7, 11) is 0. The first-order valence-corrected chi connectivity index (χ1v) is 32.6. The van der Waals surface area contributed by atoms with Crippen LogP contribution >= 0.6 is 0 Å². The Kier molecular flexibility index (Phi) is 35.4. The lowest BCUT2D eigenvalue weighted by Crippen LogP contribution is -2.62. The van der Waals surface area contributed by atoms with Gasteiger partial charge in [0.05, 0.1) is 44.4 Å². The van der Waals surface area contributed by atoms with Crippen molar-refractivity contribution in [1.82, 2.24) is 58.2 Å². The van der Waals surface area contributed by atoms with Crippen LogP contribution < -0.4 is 76.1 Å². The Morgan fingerprint density at radius 2 is 0.948 bits per heavy atom. The minimum atomic E-state index is -1.95. The fourth-order valence-electron chi connectivity index (χ4n) is 10.3. The number of hydrogen-bond donors (Lipinski definition) is 18. The van der Waals surface area contributed by atoms with Crippen molar-refractivity contribution in [2.45, 2.75) is 211 Å². The molecule has 1 aromatic heterocycles. The minimum Gasteiger partial charge on any atom is -0.480 e. The number of amides is 13. The van der Waals surface area contributed by atoms with Gasteiger partial charge >= 0.3 is 5.97 Å². The minimum absolute atomic E-state index is 0.120. The van der Waals surface area contributed by atoms with Crippen LogP contribution in [0.15, 0.2) is 60.8 Å². The molecule has 2 aromatic carbocycles. The molecule has 32 nitrogen and oxygen atoms in total. The van der Waals surface area contributed by atoms with Crippen molar-refractivity contribution in [3.63, 3.8) is 0 Å². The standard InChI is InChI=1S/C65H99N15O17/c1-7-9-10-11-15-22-40(82)29-52(86)72-46(30-49(67)83)62(93)78-54(35(3)4)64(95)77-44(27-38-20-13-12-14-21-38)58(89)75-48(32-51(69)85)60(91)76-47(31-50(68)84)59(90)74-43(25-18-19-26-66)57(88)80-56(37(6)81)63(94)71-34-53(87)73-45(61(92)79-55(65(96)97)36(5)8-2)28-39-33-70-42-24-17-16-23-41(39)42/h12-14,16-17,20-21,23-24,33,35-37,40,43-48,54-56,70,81-82H,7-11,15,18-19,22,25-32,34,66H2,1-6H3,(H2,67,83)(H2,68,84)(H2,69,85)(H,71,94)(H,72,86)(H,73,87)(H,74,90)(H,75,89)(H,76,91)(H,77,95)(H,78,93)(H,79,92)(H,80,88)(H,96,97)/t36-,37+,40+,43+,44-,45+,46+,47-,48+,54+,55+,56-/m0/s1. The second-order valence-corrected chi connectivity index (χ2v) is 24.5. The van der Waals surface area contributed by atoms with Gasteiger partial charge in [0.2, 0.25) is 76.8 Å². The van der Waals surface area contributed by atoms with Gasteiger partial charge in [-0.15, -0.1) is 0 Å². The van der Waals surface area contributed by atoms with Crippen molar-refractivity contribution in [2.75, 3.05) is 13.1 Å². The van der Waals surface area contributed by atoms with E-state index in [2.05, 4.69) is 65.1 Å². The third kappa shape index (κ3) is 29.1. The summed E-state index contributed by atoms with van der Waals surface area (Å²) in [6, 6.07) is 0.560. The molecule has 0 aliphatic heterocycles. The number of primary amides is 3. The summed E-state index contributed by atoms with van der Waals surface area (Å²) in [4.78, 5) is 191. The SMILES string of the molecule is CCCCCCC[C@@H](O)CC(=O)N[C@H](CC(N)=O)C(=O)N[C@@H](C(=O)N[C@@H](Cc1ccccc1)C(=O)N[C@H](CC(N)=O)C(=O)N[C@@H](CC(N)=O)C(=O)N[C@H](CCCCN)C(=O)N[C@H](C(=O)NCC(=O)N[C@H](Cc1c[nH]c2ccccc12)C(=O)N[C@@H](C(=O)O)[C@@H](C)CC)[C@@H](C)O)C(C)C. The number of aliphatic hydroxyl groups is 2.